The van der Waals surface area contributed by atoms with Crippen molar-refractivity contribution in [3.8, 4) is 0 Å². The third-order valence-corrected chi connectivity index (χ3v) is 4.27. The van der Waals surface area contributed by atoms with E-state index in [2.05, 4.69) is 30.9 Å². The molecule has 1 N–H and O–H groups in total. The summed E-state index contributed by atoms with van der Waals surface area (Å²) in [6.45, 7) is 2.59. The lowest BCUT2D eigenvalue weighted by Gasteiger charge is -2.04. The lowest BCUT2D eigenvalue weighted by atomic mass is 10.2. The maximum atomic E-state index is 13.0. The van der Waals surface area contributed by atoms with Gasteiger partial charge >= 0.3 is 0 Å². The highest BCUT2D eigenvalue weighted by Gasteiger charge is 2.08. The Bertz CT molecular complexity index is 595. The van der Waals surface area contributed by atoms with Gasteiger partial charge in [0.2, 0.25) is 0 Å². The van der Waals surface area contributed by atoms with Crippen LogP contribution in [0, 0.1) is 5.82 Å². The zero-order chi connectivity index (χ0) is 13.8. The molecule has 2 rings (SSSR count). The van der Waals surface area contributed by atoms with E-state index in [-0.39, 0.29) is 10.8 Å². The molecular weight excluding hydrogens is 281 g/mol. The number of amides is 1. The molecule has 0 aliphatic carbocycles. The minimum Gasteiger partial charge on any atom is -0.347 e. The molecule has 1 aromatic carbocycles. The van der Waals surface area contributed by atoms with Gasteiger partial charge in [0.15, 0.2) is 0 Å². The van der Waals surface area contributed by atoms with Crippen LogP contribution in [0.4, 0.5) is 4.39 Å². The molecule has 0 aliphatic heterocycles. The molecule has 0 atom stereocenters. The molecule has 0 aliphatic rings. The summed E-state index contributed by atoms with van der Waals surface area (Å²) in [6, 6.07) is 8.21. The quantitative estimate of drug-likeness (QED) is 0.828. The summed E-state index contributed by atoms with van der Waals surface area (Å²) >= 11 is 5.65. The molecule has 0 saturated heterocycles. The van der Waals surface area contributed by atoms with E-state index in [9.17, 15) is 9.18 Å². The van der Waals surface area contributed by atoms with Gasteiger partial charge in [-0.25, -0.2) is 4.39 Å². The number of carbonyl (C=O) groups is 1. The molecule has 0 radical (unpaired) electrons. The second-order valence-electron chi connectivity index (χ2n) is 4.07. The number of rotatable bonds is 4. The van der Waals surface area contributed by atoms with Gasteiger partial charge in [0, 0.05) is 20.2 Å². The van der Waals surface area contributed by atoms with Crippen molar-refractivity contribution >= 4 is 29.9 Å². The fourth-order valence-corrected chi connectivity index (χ4v) is 2.74. The highest BCUT2D eigenvalue weighted by Crippen LogP contribution is 2.17. The molecule has 0 unspecified atom stereocenters. The topological polar surface area (TPSA) is 29.1 Å². The summed E-state index contributed by atoms with van der Waals surface area (Å²) in [6.07, 6.45) is 1.000. The summed E-state index contributed by atoms with van der Waals surface area (Å²) < 4.78 is 13.0. The van der Waals surface area contributed by atoms with E-state index in [0.29, 0.717) is 12.1 Å². The average molecular weight is 295 g/mol. The lowest BCUT2D eigenvalue weighted by Crippen LogP contribution is -2.22. The number of thiol groups is 1. The molecule has 2 aromatic rings. The van der Waals surface area contributed by atoms with Gasteiger partial charge in [0.25, 0.3) is 5.91 Å². The van der Waals surface area contributed by atoms with E-state index in [1.807, 2.05) is 6.07 Å². The van der Waals surface area contributed by atoms with Crippen LogP contribution < -0.4 is 5.32 Å². The highest BCUT2D eigenvalue weighted by atomic mass is 32.1. The largest absolute Gasteiger partial charge is 0.347 e. The molecule has 1 aromatic heterocycles. The van der Waals surface area contributed by atoms with E-state index < -0.39 is 5.82 Å². The van der Waals surface area contributed by atoms with Crippen LogP contribution in [0.5, 0.6) is 0 Å². The first-order valence-electron chi connectivity index (χ1n) is 5.94. The predicted molar refractivity (Wildman–Crippen MR) is 78.5 cm³/mol. The molecule has 0 spiro atoms. The minimum atomic E-state index is -0.425. The van der Waals surface area contributed by atoms with E-state index in [4.69, 9.17) is 0 Å². The Hall–Kier alpha value is -1.33. The van der Waals surface area contributed by atoms with Crippen LogP contribution in [0.2, 0.25) is 0 Å². The van der Waals surface area contributed by atoms with Gasteiger partial charge in [-0.1, -0.05) is 6.92 Å². The SMILES string of the molecule is CCc1ccc(CNC(=O)c2ccc(F)c(S)c2)s1. The van der Waals surface area contributed by atoms with E-state index in [0.717, 1.165) is 11.3 Å². The molecular formula is C14H14FNOS2. The number of halogens is 1. The zero-order valence-corrected chi connectivity index (χ0v) is 12.2. The Labute approximate surface area is 121 Å². The molecule has 1 amide bonds. The van der Waals surface area contributed by atoms with Gasteiger partial charge in [0.1, 0.15) is 5.82 Å². The maximum Gasteiger partial charge on any atom is 0.251 e. The standard InChI is InChI=1S/C14H14FNOS2/c1-2-10-4-5-11(19-10)8-16-14(17)9-3-6-12(15)13(18)7-9/h3-7,18H,2,8H2,1H3,(H,16,17). The van der Waals surface area contributed by atoms with E-state index in [1.54, 1.807) is 11.3 Å². The van der Waals surface area contributed by atoms with Crippen molar-refractivity contribution in [2.75, 3.05) is 0 Å². The van der Waals surface area contributed by atoms with Gasteiger partial charge < -0.3 is 5.32 Å². The molecule has 0 bridgehead atoms. The Kier molecular flexibility index (Phi) is 4.61. The smallest absolute Gasteiger partial charge is 0.251 e. The molecule has 1 heterocycles. The third kappa shape index (κ3) is 3.58. The highest BCUT2D eigenvalue weighted by molar-refractivity contribution is 7.80. The molecule has 5 heteroatoms. The number of carbonyl (C=O) groups excluding carboxylic acids is 1. The number of thiophene rings is 1. The minimum absolute atomic E-state index is 0.178. The van der Waals surface area contributed by atoms with Crippen LogP contribution >= 0.6 is 24.0 Å². The van der Waals surface area contributed by atoms with Crippen molar-refractivity contribution in [1.29, 1.82) is 0 Å². The van der Waals surface area contributed by atoms with E-state index >= 15 is 0 Å². The van der Waals surface area contributed by atoms with Crippen LogP contribution in [0.15, 0.2) is 35.2 Å². The second kappa shape index (κ2) is 6.21. The average Bonchev–Trinajstić information content (AvgIpc) is 2.87. The normalized spacial score (nSPS) is 10.5. The van der Waals surface area contributed by atoms with Crippen molar-refractivity contribution in [2.45, 2.75) is 24.8 Å². The first-order chi connectivity index (χ1) is 9.10. The number of hydrogen-bond donors (Lipinski definition) is 2. The Morgan fingerprint density at radius 3 is 2.68 bits per heavy atom. The van der Waals surface area contributed by atoms with Gasteiger partial charge in [0.05, 0.1) is 6.54 Å². The van der Waals surface area contributed by atoms with Crippen LogP contribution in [-0.2, 0) is 13.0 Å². The molecule has 0 fully saturated rings. The van der Waals surface area contributed by atoms with Gasteiger partial charge in [-0.2, -0.15) is 0 Å². The fourth-order valence-electron chi connectivity index (χ4n) is 1.63. The number of aryl methyl sites for hydroxylation is 1. The van der Waals surface area contributed by atoms with E-state index in [1.165, 1.54) is 23.1 Å². The van der Waals surface area contributed by atoms with Crippen LogP contribution in [0.25, 0.3) is 0 Å². The summed E-state index contributed by atoms with van der Waals surface area (Å²) in [7, 11) is 0. The van der Waals surface area contributed by atoms with Crippen LogP contribution in [0.3, 0.4) is 0 Å². The number of hydrogen-bond acceptors (Lipinski definition) is 3. The van der Waals surface area contributed by atoms with Gasteiger partial charge in [-0.15, -0.1) is 24.0 Å². The molecule has 100 valence electrons. The van der Waals surface area contributed by atoms with Gasteiger partial charge in [-0.3, -0.25) is 4.79 Å². The number of benzene rings is 1. The molecule has 19 heavy (non-hydrogen) atoms. The Morgan fingerprint density at radius 2 is 2.05 bits per heavy atom. The monoisotopic (exact) mass is 295 g/mol. The van der Waals surface area contributed by atoms with Crippen LogP contribution in [0.1, 0.15) is 27.0 Å². The Morgan fingerprint density at radius 1 is 1.32 bits per heavy atom. The molecule has 2 nitrogen and oxygen atoms in total. The van der Waals surface area contributed by atoms with Crippen molar-refractivity contribution in [3.05, 3.63) is 51.5 Å². The van der Waals surface area contributed by atoms with Crippen LogP contribution in [-0.4, -0.2) is 5.91 Å². The van der Waals surface area contributed by atoms with Crippen molar-refractivity contribution in [3.63, 3.8) is 0 Å². The third-order valence-electron chi connectivity index (χ3n) is 2.70. The first-order valence-corrected chi connectivity index (χ1v) is 7.21. The van der Waals surface area contributed by atoms with Crippen molar-refractivity contribution in [2.24, 2.45) is 0 Å². The van der Waals surface area contributed by atoms with Crippen molar-refractivity contribution in [1.82, 2.24) is 5.32 Å². The Balaban J connectivity index is 1.99. The summed E-state index contributed by atoms with van der Waals surface area (Å²) in [4.78, 5) is 14.5. The maximum absolute atomic E-state index is 13.0. The summed E-state index contributed by atoms with van der Waals surface area (Å²) in [5.41, 5.74) is 0.415. The summed E-state index contributed by atoms with van der Waals surface area (Å²) in [5.74, 6) is -0.646. The fraction of sp³-hybridized carbons (Fsp3) is 0.214. The molecule has 0 saturated carbocycles. The summed E-state index contributed by atoms with van der Waals surface area (Å²) in [5, 5.41) is 2.81. The van der Waals surface area contributed by atoms with Gasteiger partial charge in [-0.05, 0) is 36.8 Å². The van der Waals surface area contributed by atoms with Crippen molar-refractivity contribution < 1.29 is 9.18 Å². The second-order valence-corrected chi connectivity index (χ2v) is 5.81. The number of nitrogens with one attached hydrogen (secondary N) is 1. The first kappa shape index (κ1) is 14.1. The zero-order valence-electron chi connectivity index (χ0n) is 10.4. The lowest BCUT2D eigenvalue weighted by molar-refractivity contribution is 0.0951. The predicted octanol–water partition coefficient (Wildman–Crippen LogP) is 3.67.